The first-order valence-corrected chi connectivity index (χ1v) is 5.07. The first-order valence-electron chi connectivity index (χ1n) is 5.07. The molecule has 0 aromatic heterocycles. The van der Waals surface area contributed by atoms with E-state index in [1.807, 2.05) is 0 Å². The summed E-state index contributed by atoms with van der Waals surface area (Å²) in [6.07, 6.45) is 6.00. The minimum absolute atomic E-state index is 0.476. The van der Waals surface area contributed by atoms with E-state index in [2.05, 4.69) is 13.8 Å². The van der Waals surface area contributed by atoms with Crippen LogP contribution in [0.3, 0.4) is 0 Å². The summed E-state index contributed by atoms with van der Waals surface area (Å²) in [5.41, 5.74) is 0. The molecule has 0 N–H and O–H groups in total. The normalized spacial score (nSPS) is 10.5. The number of hydrogen-bond donors (Lipinski definition) is 0. The maximum Gasteiger partial charge on any atom is 0.146 e. The van der Waals surface area contributed by atoms with E-state index in [9.17, 15) is 0 Å². The van der Waals surface area contributed by atoms with Gasteiger partial charge in [0.25, 0.3) is 0 Å². The van der Waals surface area contributed by atoms with Crippen LogP contribution in [0.25, 0.3) is 0 Å². The largest absolute Gasteiger partial charge is 0.355 e. The lowest BCUT2D eigenvalue weighted by Gasteiger charge is -2.04. The summed E-state index contributed by atoms with van der Waals surface area (Å²) in [5.74, 6) is 0. The fraction of sp³-hybridized carbons (Fsp3) is 1.00. The molecule has 0 radical (unpaired) electrons. The molecule has 0 rings (SSSR count). The van der Waals surface area contributed by atoms with Crippen molar-refractivity contribution in [2.75, 3.05) is 20.0 Å². The van der Waals surface area contributed by atoms with E-state index in [0.29, 0.717) is 6.79 Å². The molecule has 2 nitrogen and oxygen atoms in total. The van der Waals surface area contributed by atoms with Gasteiger partial charge in [0.1, 0.15) is 6.79 Å². The molecule has 0 spiro atoms. The number of unbranched alkanes of at least 4 members (excludes halogenated alkanes) is 3. The van der Waals surface area contributed by atoms with E-state index in [1.165, 1.54) is 19.3 Å². The molecule has 0 amide bonds. The van der Waals surface area contributed by atoms with Crippen molar-refractivity contribution in [1.29, 1.82) is 0 Å². The Hall–Kier alpha value is -0.0800. The third-order valence-electron chi connectivity index (χ3n) is 1.70. The predicted molar refractivity (Wildman–Crippen MR) is 51.2 cm³/mol. The summed E-state index contributed by atoms with van der Waals surface area (Å²) >= 11 is 0. The quantitative estimate of drug-likeness (QED) is 0.395. The van der Waals surface area contributed by atoms with Crippen LogP contribution in [0.1, 0.15) is 46.0 Å². The van der Waals surface area contributed by atoms with Crippen molar-refractivity contribution in [2.45, 2.75) is 46.0 Å². The Morgan fingerprint density at radius 2 is 1.33 bits per heavy atom. The van der Waals surface area contributed by atoms with Crippen LogP contribution in [0, 0.1) is 0 Å². The van der Waals surface area contributed by atoms with Gasteiger partial charge in [-0.2, -0.15) is 0 Å². The van der Waals surface area contributed by atoms with Crippen molar-refractivity contribution in [2.24, 2.45) is 0 Å². The van der Waals surface area contributed by atoms with Gasteiger partial charge in [-0.15, -0.1) is 0 Å². The summed E-state index contributed by atoms with van der Waals surface area (Å²) in [4.78, 5) is 0. The highest BCUT2D eigenvalue weighted by Gasteiger charge is 1.88. The van der Waals surface area contributed by atoms with Crippen molar-refractivity contribution in [3.05, 3.63) is 0 Å². The molecule has 0 bridgehead atoms. The van der Waals surface area contributed by atoms with E-state index in [4.69, 9.17) is 9.47 Å². The summed E-state index contributed by atoms with van der Waals surface area (Å²) in [6, 6.07) is 0. The second-order valence-corrected chi connectivity index (χ2v) is 3.00. The highest BCUT2D eigenvalue weighted by molar-refractivity contribution is 4.34. The molecule has 74 valence electrons. The molecule has 0 aliphatic carbocycles. The fourth-order valence-electron chi connectivity index (χ4n) is 0.877. The van der Waals surface area contributed by atoms with Gasteiger partial charge in [-0.05, 0) is 12.8 Å². The van der Waals surface area contributed by atoms with E-state index in [-0.39, 0.29) is 0 Å². The average Bonchev–Trinajstić information content (AvgIpc) is 2.10. The second kappa shape index (κ2) is 10.9. The Morgan fingerprint density at radius 1 is 0.750 bits per heavy atom. The van der Waals surface area contributed by atoms with Crippen LogP contribution in [0.5, 0.6) is 0 Å². The smallest absolute Gasteiger partial charge is 0.146 e. The third-order valence-corrected chi connectivity index (χ3v) is 1.70. The second-order valence-electron chi connectivity index (χ2n) is 3.00. The average molecular weight is 174 g/mol. The van der Waals surface area contributed by atoms with Crippen molar-refractivity contribution < 1.29 is 9.47 Å². The van der Waals surface area contributed by atoms with Crippen molar-refractivity contribution in [3.8, 4) is 0 Å². The van der Waals surface area contributed by atoms with Gasteiger partial charge in [-0.3, -0.25) is 0 Å². The molecule has 0 aromatic carbocycles. The third kappa shape index (κ3) is 9.92. The molecule has 2 heteroatoms. The first kappa shape index (κ1) is 11.9. The van der Waals surface area contributed by atoms with Gasteiger partial charge >= 0.3 is 0 Å². The maximum atomic E-state index is 5.26. The minimum Gasteiger partial charge on any atom is -0.355 e. The van der Waals surface area contributed by atoms with E-state index < -0.39 is 0 Å². The monoisotopic (exact) mass is 174 g/mol. The highest BCUT2D eigenvalue weighted by atomic mass is 16.7. The summed E-state index contributed by atoms with van der Waals surface area (Å²) in [6.45, 7) is 6.51. The molecule has 0 atom stereocenters. The Balaban J connectivity index is 2.73. The van der Waals surface area contributed by atoms with Crippen molar-refractivity contribution in [3.63, 3.8) is 0 Å². The lowest BCUT2D eigenvalue weighted by Crippen LogP contribution is -2.02. The zero-order chi connectivity index (χ0) is 9.07. The van der Waals surface area contributed by atoms with Crippen molar-refractivity contribution in [1.82, 2.24) is 0 Å². The van der Waals surface area contributed by atoms with E-state index >= 15 is 0 Å². The summed E-state index contributed by atoms with van der Waals surface area (Å²) in [5, 5.41) is 0. The van der Waals surface area contributed by atoms with Crippen LogP contribution in [0.4, 0.5) is 0 Å². The number of ether oxygens (including phenoxy) is 2. The lowest BCUT2D eigenvalue weighted by atomic mass is 10.3. The van der Waals surface area contributed by atoms with Gasteiger partial charge in [0.2, 0.25) is 0 Å². The number of rotatable bonds is 9. The molecule has 0 saturated carbocycles. The summed E-state index contributed by atoms with van der Waals surface area (Å²) < 4.78 is 10.5. The lowest BCUT2D eigenvalue weighted by molar-refractivity contribution is -0.0552. The standard InChI is InChI=1S/C10H22O2/c1-3-5-7-9-12-10-11-8-6-4-2/h3-10H2,1-2H3. The molecular weight excluding hydrogens is 152 g/mol. The minimum atomic E-state index is 0.476. The van der Waals surface area contributed by atoms with E-state index in [0.717, 1.165) is 26.1 Å². The molecule has 0 saturated heterocycles. The first-order chi connectivity index (χ1) is 5.91. The van der Waals surface area contributed by atoms with Crippen LogP contribution < -0.4 is 0 Å². The Kier molecular flexibility index (Phi) is 10.8. The van der Waals surface area contributed by atoms with Gasteiger partial charge in [0, 0.05) is 13.2 Å². The molecule has 0 aliphatic rings. The van der Waals surface area contributed by atoms with Crippen LogP contribution in [0.2, 0.25) is 0 Å². The zero-order valence-electron chi connectivity index (χ0n) is 8.47. The van der Waals surface area contributed by atoms with Gasteiger partial charge in [-0.25, -0.2) is 0 Å². The molecule has 12 heavy (non-hydrogen) atoms. The molecule has 0 heterocycles. The Bertz CT molecular complexity index is 64.2. The van der Waals surface area contributed by atoms with Crippen molar-refractivity contribution >= 4 is 0 Å². The SMILES string of the molecule is CCCCCOCOCCCC. The molecule has 0 fully saturated rings. The van der Waals surface area contributed by atoms with Gasteiger partial charge < -0.3 is 9.47 Å². The van der Waals surface area contributed by atoms with E-state index in [1.54, 1.807) is 0 Å². The van der Waals surface area contributed by atoms with Crippen LogP contribution in [0.15, 0.2) is 0 Å². The molecular formula is C10H22O2. The predicted octanol–water partition coefficient (Wildman–Crippen LogP) is 2.97. The van der Waals surface area contributed by atoms with Crippen LogP contribution in [-0.4, -0.2) is 20.0 Å². The Labute approximate surface area is 76.3 Å². The Morgan fingerprint density at radius 3 is 1.92 bits per heavy atom. The van der Waals surface area contributed by atoms with Gasteiger partial charge in [0.15, 0.2) is 0 Å². The molecule has 0 aliphatic heterocycles. The summed E-state index contributed by atoms with van der Waals surface area (Å²) in [7, 11) is 0. The fourth-order valence-corrected chi connectivity index (χ4v) is 0.877. The topological polar surface area (TPSA) is 18.5 Å². The molecule has 0 aromatic rings. The van der Waals surface area contributed by atoms with Crippen LogP contribution >= 0.6 is 0 Å². The van der Waals surface area contributed by atoms with Gasteiger partial charge in [0.05, 0.1) is 0 Å². The maximum absolute atomic E-state index is 5.26. The zero-order valence-corrected chi connectivity index (χ0v) is 8.47. The molecule has 0 unspecified atom stereocenters. The van der Waals surface area contributed by atoms with Gasteiger partial charge in [-0.1, -0.05) is 33.1 Å². The number of hydrogen-bond acceptors (Lipinski definition) is 2. The van der Waals surface area contributed by atoms with Crippen LogP contribution in [-0.2, 0) is 9.47 Å². The highest BCUT2D eigenvalue weighted by Crippen LogP contribution is 1.94.